The Kier molecular flexibility index (Phi) is 4.30. The number of nitrogens with two attached hydrogens (primary N) is 1. The molecule has 0 saturated heterocycles. The van der Waals surface area contributed by atoms with E-state index in [9.17, 15) is 31.9 Å². The molecule has 3 N–H and O–H groups in total. The molecule has 2 atom stereocenters. The number of carbonyl (C=O) groups excluding carboxylic acids is 1. The fourth-order valence-electron chi connectivity index (χ4n) is 1.36. The van der Waals surface area contributed by atoms with Crippen molar-refractivity contribution < 1.29 is 36.6 Å². The predicted octanol–water partition coefficient (Wildman–Crippen LogP) is 1.90. The number of carbonyl (C=O) groups is 1. The Morgan fingerprint density at radius 1 is 1.05 bits per heavy atom. The van der Waals surface area contributed by atoms with E-state index in [2.05, 4.69) is 10.5 Å². The molecule has 0 saturated carbocycles. The van der Waals surface area contributed by atoms with E-state index in [1.54, 1.807) is 0 Å². The Morgan fingerprint density at radius 3 is 1.79 bits per heavy atom. The monoisotopic (exact) mass is 285 g/mol. The normalized spacial score (nSPS) is 14.1. The molecule has 1 aromatic carbocycles. The van der Waals surface area contributed by atoms with Gasteiger partial charge in [0.2, 0.25) is 5.82 Å². The molecule has 0 fully saturated rings. The summed E-state index contributed by atoms with van der Waals surface area (Å²) in [5, 5.41) is 9.47. The molecular formula is C10H8F5NO3. The van der Waals surface area contributed by atoms with E-state index in [1.165, 1.54) is 0 Å². The molecule has 0 heterocycles. The van der Waals surface area contributed by atoms with Crippen LogP contribution >= 0.6 is 0 Å². The number of primary amides is 1. The highest BCUT2D eigenvalue weighted by Crippen LogP contribution is 2.30. The molecule has 1 rings (SSSR count). The molecule has 9 heteroatoms. The number of ether oxygens (including phenoxy) is 1. The van der Waals surface area contributed by atoms with Gasteiger partial charge in [-0.05, 0) is 6.92 Å². The third-order valence-corrected chi connectivity index (χ3v) is 2.29. The van der Waals surface area contributed by atoms with Gasteiger partial charge in [0.1, 0.15) is 12.2 Å². The van der Waals surface area contributed by atoms with Crippen LogP contribution in [0.5, 0.6) is 0 Å². The van der Waals surface area contributed by atoms with E-state index < -0.39 is 53.0 Å². The number of aliphatic hydroxyl groups excluding tert-OH is 1. The molecular weight excluding hydrogens is 277 g/mol. The second-order valence-electron chi connectivity index (χ2n) is 3.57. The summed E-state index contributed by atoms with van der Waals surface area (Å²) in [6.07, 6.45) is -5.25. The Hall–Kier alpha value is -1.90. The van der Waals surface area contributed by atoms with Crippen molar-refractivity contribution in [1.29, 1.82) is 0 Å². The molecule has 4 nitrogen and oxygen atoms in total. The van der Waals surface area contributed by atoms with Crippen LogP contribution in [0.25, 0.3) is 0 Å². The van der Waals surface area contributed by atoms with Crippen LogP contribution in [0.2, 0.25) is 0 Å². The third-order valence-electron chi connectivity index (χ3n) is 2.29. The molecule has 0 aromatic heterocycles. The lowest BCUT2D eigenvalue weighted by Gasteiger charge is -2.20. The fraction of sp³-hybridized carbons (Fsp3) is 0.300. The number of rotatable bonds is 3. The Labute approximate surface area is 103 Å². The first-order valence-corrected chi connectivity index (χ1v) is 4.84. The number of halogens is 5. The van der Waals surface area contributed by atoms with Crippen molar-refractivity contribution in [3.8, 4) is 0 Å². The van der Waals surface area contributed by atoms with Crippen LogP contribution in [0.4, 0.5) is 26.7 Å². The van der Waals surface area contributed by atoms with Gasteiger partial charge < -0.3 is 15.6 Å². The summed E-state index contributed by atoms with van der Waals surface area (Å²) in [7, 11) is 0. The first kappa shape index (κ1) is 15.2. The van der Waals surface area contributed by atoms with Crippen molar-refractivity contribution in [3.05, 3.63) is 34.6 Å². The summed E-state index contributed by atoms with van der Waals surface area (Å²) in [5.74, 6) is -11.2. The van der Waals surface area contributed by atoms with E-state index in [-0.39, 0.29) is 0 Å². The van der Waals surface area contributed by atoms with Gasteiger partial charge in [0.05, 0.1) is 5.56 Å². The summed E-state index contributed by atoms with van der Waals surface area (Å²) in [4.78, 5) is 10.4. The maximum absolute atomic E-state index is 13.3. The zero-order chi connectivity index (χ0) is 14.9. The highest BCUT2D eigenvalue weighted by molar-refractivity contribution is 5.64. The standard InChI is InChI=1S/C10H8F5NO3/c1-2(19-10(16)18)9(17)3-4(11)6(13)8(15)7(14)5(3)12/h2,9,17H,1H3,(H2,16,18)/t2-,9+/m0/s1. The van der Waals surface area contributed by atoms with E-state index in [0.717, 1.165) is 6.92 Å². The predicted molar refractivity (Wildman–Crippen MR) is 51.3 cm³/mol. The lowest BCUT2D eigenvalue weighted by Crippen LogP contribution is -2.27. The van der Waals surface area contributed by atoms with Gasteiger partial charge in [0.25, 0.3) is 0 Å². The summed E-state index contributed by atoms with van der Waals surface area (Å²) in [6.45, 7) is 0.966. The molecule has 106 valence electrons. The lowest BCUT2D eigenvalue weighted by molar-refractivity contribution is 0.0111. The number of amides is 1. The van der Waals surface area contributed by atoms with Gasteiger partial charge in [-0.3, -0.25) is 0 Å². The van der Waals surface area contributed by atoms with Crippen LogP contribution < -0.4 is 5.73 Å². The smallest absolute Gasteiger partial charge is 0.404 e. The zero-order valence-electron chi connectivity index (χ0n) is 9.39. The maximum atomic E-state index is 13.3. The maximum Gasteiger partial charge on any atom is 0.404 e. The molecule has 0 aliphatic heterocycles. The minimum Gasteiger partial charge on any atom is -0.444 e. The fourth-order valence-corrected chi connectivity index (χ4v) is 1.36. The largest absolute Gasteiger partial charge is 0.444 e. The summed E-state index contributed by atoms with van der Waals surface area (Å²) in [5.41, 5.74) is 3.11. The van der Waals surface area contributed by atoms with Gasteiger partial charge in [0, 0.05) is 0 Å². The Bertz CT molecular complexity index is 493. The lowest BCUT2D eigenvalue weighted by atomic mass is 10.0. The van der Waals surface area contributed by atoms with Crippen LogP contribution in [-0.2, 0) is 4.74 Å². The topological polar surface area (TPSA) is 72.5 Å². The molecule has 0 spiro atoms. The van der Waals surface area contributed by atoms with Crippen LogP contribution in [0.1, 0.15) is 18.6 Å². The second-order valence-corrected chi connectivity index (χ2v) is 3.57. The number of aliphatic hydroxyl groups is 1. The average Bonchev–Trinajstić information content (AvgIpc) is 2.33. The van der Waals surface area contributed by atoms with E-state index >= 15 is 0 Å². The molecule has 0 aliphatic rings. The number of benzene rings is 1. The van der Waals surface area contributed by atoms with Gasteiger partial charge in [-0.25, -0.2) is 26.7 Å². The van der Waals surface area contributed by atoms with Crippen molar-refractivity contribution in [2.45, 2.75) is 19.1 Å². The first-order chi connectivity index (χ1) is 8.68. The second kappa shape index (κ2) is 5.39. The number of hydrogen-bond donors (Lipinski definition) is 2. The SMILES string of the molecule is C[C@H](OC(N)=O)[C@@H](O)c1c(F)c(F)c(F)c(F)c1F. The first-order valence-electron chi connectivity index (χ1n) is 4.84. The van der Waals surface area contributed by atoms with Crippen molar-refractivity contribution in [1.82, 2.24) is 0 Å². The molecule has 19 heavy (non-hydrogen) atoms. The molecule has 0 bridgehead atoms. The van der Waals surface area contributed by atoms with Gasteiger partial charge in [-0.15, -0.1) is 0 Å². The average molecular weight is 285 g/mol. The van der Waals surface area contributed by atoms with Gasteiger partial charge in [-0.2, -0.15) is 0 Å². The quantitative estimate of drug-likeness (QED) is 0.506. The molecule has 0 unspecified atom stereocenters. The summed E-state index contributed by atoms with van der Waals surface area (Å²) in [6, 6.07) is 0. The van der Waals surface area contributed by atoms with Gasteiger partial charge >= 0.3 is 6.09 Å². The Balaban J connectivity index is 3.31. The van der Waals surface area contributed by atoms with Gasteiger partial charge in [0.15, 0.2) is 23.3 Å². The van der Waals surface area contributed by atoms with E-state index in [0.29, 0.717) is 0 Å². The minimum absolute atomic E-state index is 0.966. The third kappa shape index (κ3) is 2.75. The molecule has 1 aromatic rings. The van der Waals surface area contributed by atoms with Crippen LogP contribution in [0.15, 0.2) is 0 Å². The summed E-state index contributed by atoms with van der Waals surface area (Å²) < 4.78 is 69.3. The van der Waals surface area contributed by atoms with Crippen LogP contribution in [0, 0.1) is 29.1 Å². The Morgan fingerprint density at radius 2 is 1.42 bits per heavy atom. The summed E-state index contributed by atoms with van der Waals surface area (Å²) >= 11 is 0. The van der Waals surface area contributed by atoms with Crippen LogP contribution in [-0.4, -0.2) is 17.3 Å². The van der Waals surface area contributed by atoms with Crippen molar-refractivity contribution in [2.75, 3.05) is 0 Å². The van der Waals surface area contributed by atoms with Crippen LogP contribution in [0.3, 0.4) is 0 Å². The molecule has 0 aliphatic carbocycles. The highest BCUT2D eigenvalue weighted by atomic mass is 19.2. The zero-order valence-corrected chi connectivity index (χ0v) is 9.39. The van der Waals surface area contributed by atoms with Gasteiger partial charge in [-0.1, -0.05) is 0 Å². The minimum atomic E-state index is -2.35. The number of hydrogen-bond acceptors (Lipinski definition) is 3. The van der Waals surface area contributed by atoms with E-state index in [4.69, 9.17) is 0 Å². The molecule has 1 amide bonds. The van der Waals surface area contributed by atoms with Crippen molar-refractivity contribution in [3.63, 3.8) is 0 Å². The van der Waals surface area contributed by atoms with Crippen molar-refractivity contribution >= 4 is 6.09 Å². The van der Waals surface area contributed by atoms with E-state index in [1.807, 2.05) is 0 Å². The molecule has 0 radical (unpaired) electrons. The highest BCUT2D eigenvalue weighted by Gasteiger charge is 2.33. The van der Waals surface area contributed by atoms with Crippen molar-refractivity contribution in [2.24, 2.45) is 5.73 Å².